The van der Waals surface area contributed by atoms with Gasteiger partial charge in [0.25, 0.3) is 5.91 Å². The minimum atomic E-state index is -1.03. The van der Waals surface area contributed by atoms with Crippen LogP contribution in [0.4, 0.5) is 0 Å². The summed E-state index contributed by atoms with van der Waals surface area (Å²) in [7, 11) is 0. The molecular weight excluding hydrogens is 278 g/mol. The average molecular weight is 291 g/mol. The van der Waals surface area contributed by atoms with Crippen LogP contribution < -0.4 is 0 Å². The number of carbonyl (C=O) groups excluding carboxylic acids is 1. The van der Waals surface area contributed by atoms with E-state index in [0.29, 0.717) is 11.4 Å². The predicted molar refractivity (Wildman–Crippen MR) is 75.1 cm³/mol. The van der Waals surface area contributed by atoms with Crippen molar-refractivity contribution in [2.45, 2.75) is 6.10 Å². The molecule has 2 aromatic rings. The Hall–Kier alpha value is -1.92. The maximum absolute atomic E-state index is 12.4. The van der Waals surface area contributed by atoms with Gasteiger partial charge in [-0.25, -0.2) is 4.79 Å². The molecular formula is C14H13NO4S. The summed E-state index contributed by atoms with van der Waals surface area (Å²) in [5.41, 5.74) is 0. The molecule has 5 nitrogen and oxygen atoms in total. The number of thiophene rings is 1. The van der Waals surface area contributed by atoms with E-state index in [1.54, 1.807) is 4.90 Å². The van der Waals surface area contributed by atoms with Crippen LogP contribution in [0.25, 0.3) is 10.1 Å². The zero-order valence-electron chi connectivity index (χ0n) is 10.6. The normalized spacial score (nSPS) is 19.2. The lowest BCUT2D eigenvalue weighted by atomic mass is 10.2. The molecule has 1 atom stereocenters. The van der Waals surface area contributed by atoms with Crippen LogP contribution in [0.2, 0.25) is 0 Å². The Kier molecular flexibility index (Phi) is 3.42. The number of aliphatic carboxylic acids is 1. The van der Waals surface area contributed by atoms with Crippen molar-refractivity contribution in [2.75, 3.05) is 19.7 Å². The molecule has 1 aliphatic rings. The molecule has 1 amide bonds. The van der Waals surface area contributed by atoms with E-state index < -0.39 is 12.1 Å². The molecule has 20 heavy (non-hydrogen) atoms. The number of fused-ring (bicyclic) bond motifs is 1. The van der Waals surface area contributed by atoms with Gasteiger partial charge < -0.3 is 14.7 Å². The van der Waals surface area contributed by atoms with Crippen molar-refractivity contribution in [1.82, 2.24) is 4.90 Å². The van der Waals surface area contributed by atoms with Crippen molar-refractivity contribution in [3.05, 3.63) is 35.2 Å². The standard InChI is InChI=1S/C14H13NO4S/c16-13(15-5-6-19-10(8-15)14(17)18)12-7-9-3-1-2-4-11(9)20-12/h1-4,7,10H,5-6,8H2,(H,17,18). The number of carboxylic acids is 1. The summed E-state index contributed by atoms with van der Waals surface area (Å²) in [6.07, 6.45) is -0.929. The van der Waals surface area contributed by atoms with Crippen molar-refractivity contribution in [1.29, 1.82) is 0 Å². The molecule has 1 aliphatic heterocycles. The van der Waals surface area contributed by atoms with Crippen LogP contribution in [-0.4, -0.2) is 47.7 Å². The number of amides is 1. The van der Waals surface area contributed by atoms with Gasteiger partial charge in [0.05, 0.1) is 18.0 Å². The molecule has 2 heterocycles. The number of rotatable bonds is 2. The van der Waals surface area contributed by atoms with E-state index in [2.05, 4.69) is 0 Å². The molecule has 104 valence electrons. The molecule has 1 fully saturated rings. The average Bonchev–Trinajstić information content (AvgIpc) is 2.90. The zero-order valence-corrected chi connectivity index (χ0v) is 11.4. The third kappa shape index (κ3) is 2.39. The summed E-state index contributed by atoms with van der Waals surface area (Å²) < 4.78 is 6.18. The molecule has 1 N–H and O–H groups in total. The summed E-state index contributed by atoms with van der Waals surface area (Å²) in [5, 5.41) is 9.99. The van der Waals surface area contributed by atoms with Crippen LogP contribution in [0.1, 0.15) is 9.67 Å². The van der Waals surface area contributed by atoms with Gasteiger partial charge in [0.15, 0.2) is 6.10 Å². The number of carboxylic acid groups (broad SMARTS) is 1. The smallest absolute Gasteiger partial charge is 0.334 e. The molecule has 1 saturated heterocycles. The molecule has 1 aromatic heterocycles. The second-order valence-electron chi connectivity index (χ2n) is 4.60. The summed E-state index contributed by atoms with van der Waals surface area (Å²) >= 11 is 1.43. The van der Waals surface area contributed by atoms with E-state index in [1.807, 2.05) is 30.3 Å². The molecule has 1 unspecified atom stereocenters. The van der Waals surface area contributed by atoms with Crippen LogP contribution in [0.3, 0.4) is 0 Å². The van der Waals surface area contributed by atoms with Gasteiger partial charge in [-0.2, -0.15) is 0 Å². The van der Waals surface area contributed by atoms with E-state index in [-0.39, 0.29) is 19.1 Å². The summed E-state index contributed by atoms with van der Waals surface area (Å²) in [4.78, 5) is 25.5. The quantitative estimate of drug-likeness (QED) is 0.916. The number of carbonyl (C=O) groups is 2. The maximum Gasteiger partial charge on any atom is 0.334 e. The summed E-state index contributed by atoms with van der Waals surface area (Å²) in [6, 6.07) is 9.65. The monoisotopic (exact) mass is 291 g/mol. The lowest BCUT2D eigenvalue weighted by molar-refractivity contribution is -0.154. The van der Waals surface area contributed by atoms with Gasteiger partial charge >= 0.3 is 5.97 Å². The van der Waals surface area contributed by atoms with Gasteiger partial charge in [-0.3, -0.25) is 4.79 Å². The first-order valence-electron chi connectivity index (χ1n) is 6.27. The second-order valence-corrected chi connectivity index (χ2v) is 5.68. The Morgan fingerprint density at radius 3 is 2.90 bits per heavy atom. The molecule has 3 rings (SSSR count). The van der Waals surface area contributed by atoms with Gasteiger partial charge in [0.1, 0.15) is 0 Å². The van der Waals surface area contributed by atoms with E-state index in [1.165, 1.54) is 11.3 Å². The fourth-order valence-corrected chi connectivity index (χ4v) is 3.26. The molecule has 0 radical (unpaired) electrons. The molecule has 0 saturated carbocycles. The third-order valence-electron chi connectivity index (χ3n) is 3.27. The van der Waals surface area contributed by atoms with Crippen LogP contribution in [0.15, 0.2) is 30.3 Å². The van der Waals surface area contributed by atoms with Gasteiger partial charge in [-0.1, -0.05) is 18.2 Å². The predicted octanol–water partition coefficient (Wildman–Crippen LogP) is 1.83. The van der Waals surface area contributed by atoms with Gasteiger partial charge in [0, 0.05) is 11.2 Å². The SMILES string of the molecule is O=C(O)C1CN(C(=O)c2cc3ccccc3s2)CCO1. The molecule has 6 heteroatoms. The Labute approximate surface area is 119 Å². The van der Waals surface area contributed by atoms with Crippen molar-refractivity contribution in [3.63, 3.8) is 0 Å². The number of hydrogen-bond acceptors (Lipinski definition) is 4. The number of ether oxygens (including phenoxy) is 1. The first kappa shape index (κ1) is 13.1. The van der Waals surface area contributed by atoms with Crippen LogP contribution in [-0.2, 0) is 9.53 Å². The van der Waals surface area contributed by atoms with E-state index in [9.17, 15) is 9.59 Å². The number of nitrogens with zero attached hydrogens (tertiary/aromatic N) is 1. The largest absolute Gasteiger partial charge is 0.479 e. The third-order valence-corrected chi connectivity index (χ3v) is 4.37. The minimum Gasteiger partial charge on any atom is -0.479 e. The highest BCUT2D eigenvalue weighted by Crippen LogP contribution is 2.26. The molecule has 0 bridgehead atoms. The van der Waals surface area contributed by atoms with Gasteiger partial charge in [-0.15, -0.1) is 11.3 Å². The zero-order chi connectivity index (χ0) is 14.1. The maximum atomic E-state index is 12.4. The minimum absolute atomic E-state index is 0.0996. The van der Waals surface area contributed by atoms with Gasteiger partial charge in [-0.05, 0) is 17.5 Å². The van der Waals surface area contributed by atoms with Crippen molar-refractivity contribution in [2.24, 2.45) is 0 Å². The van der Waals surface area contributed by atoms with Crippen LogP contribution in [0, 0.1) is 0 Å². The van der Waals surface area contributed by atoms with Crippen molar-refractivity contribution < 1.29 is 19.4 Å². The Morgan fingerprint density at radius 2 is 2.15 bits per heavy atom. The highest BCUT2D eigenvalue weighted by atomic mass is 32.1. The number of hydrogen-bond donors (Lipinski definition) is 1. The first-order valence-corrected chi connectivity index (χ1v) is 7.09. The summed E-state index contributed by atoms with van der Waals surface area (Å²) in [5.74, 6) is -1.15. The lowest BCUT2D eigenvalue weighted by Gasteiger charge is -2.30. The first-order chi connectivity index (χ1) is 9.65. The Morgan fingerprint density at radius 1 is 1.35 bits per heavy atom. The lowest BCUT2D eigenvalue weighted by Crippen LogP contribution is -2.48. The summed E-state index contributed by atoms with van der Waals surface area (Å²) in [6.45, 7) is 0.785. The van der Waals surface area contributed by atoms with Crippen molar-refractivity contribution >= 4 is 33.3 Å². The molecule has 1 aromatic carbocycles. The van der Waals surface area contributed by atoms with E-state index >= 15 is 0 Å². The highest BCUT2D eigenvalue weighted by molar-refractivity contribution is 7.20. The highest BCUT2D eigenvalue weighted by Gasteiger charge is 2.30. The fraction of sp³-hybridized carbons (Fsp3) is 0.286. The van der Waals surface area contributed by atoms with Crippen LogP contribution in [0.5, 0.6) is 0 Å². The Bertz CT molecular complexity index is 633. The topological polar surface area (TPSA) is 66.8 Å². The van der Waals surface area contributed by atoms with E-state index in [4.69, 9.17) is 9.84 Å². The molecule has 0 spiro atoms. The van der Waals surface area contributed by atoms with E-state index in [0.717, 1.165) is 10.1 Å². The fourth-order valence-electron chi connectivity index (χ4n) is 2.23. The van der Waals surface area contributed by atoms with Crippen LogP contribution >= 0.6 is 11.3 Å². The van der Waals surface area contributed by atoms with Gasteiger partial charge in [0.2, 0.25) is 0 Å². The second kappa shape index (κ2) is 5.22. The number of benzene rings is 1. The Balaban J connectivity index is 1.82. The van der Waals surface area contributed by atoms with Crippen molar-refractivity contribution in [3.8, 4) is 0 Å². The molecule has 0 aliphatic carbocycles. The number of morpholine rings is 1.